The van der Waals surface area contributed by atoms with Crippen molar-refractivity contribution in [3.63, 3.8) is 0 Å². The zero-order chi connectivity index (χ0) is 14.4. The molecule has 1 unspecified atom stereocenters. The molecule has 0 spiro atoms. The molecule has 0 radical (unpaired) electrons. The summed E-state index contributed by atoms with van der Waals surface area (Å²) in [6, 6.07) is 19.6. The molecule has 0 aliphatic heterocycles. The predicted octanol–water partition coefficient (Wildman–Crippen LogP) is 3.37. The molecular formula is C18H24N2. The van der Waals surface area contributed by atoms with Crippen molar-refractivity contribution in [3.05, 3.63) is 71.3 Å². The van der Waals surface area contributed by atoms with Crippen molar-refractivity contribution in [3.8, 4) is 0 Å². The average molecular weight is 268 g/mol. The molecule has 2 rings (SSSR count). The molecule has 0 saturated carbocycles. The zero-order valence-corrected chi connectivity index (χ0v) is 12.4. The van der Waals surface area contributed by atoms with Crippen molar-refractivity contribution < 1.29 is 0 Å². The highest BCUT2D eigenvalue weighted by Gasteiger charge is 2.19. The summed E-state index contributed by atoms with van der Waals surface area (Å²) in [6.45, 7) is 3.92. The van der Waals surface area contributed by atoms with Gasteiger partial charge in [-0.25, -0.2) is 0 Å². The number of aryl methyl sites for hydroxylation is 1. The molecule has 0 fully saturated rings. The lowest BCUT2D eigenvalue weighted by atomic mass is 9.94. The predicted molar refractivity (Wildman–Crippen MR) is 85.8 cm³/mol. The molecule has 2 N–H and O–H groups in total. The number of nitrogens with zero attached hydrogens (tertiary/aromatic N) is 1. The second-order valence-corrected chi connectivity index (χ2v) is 5.29. The van der Waals surface area contributed by atoms with Crippen LogP contribution in [0.4, 0.5) is 0 Å². The van der Waals surface area contributed by atoms with Gasteiger partial charge < -0.3 is 5.73 Å². The van der Waals surface area contributed by atoms with E-state index in [-0.39, 0.29) is 0 Å². The highest BCUT2D eigenvalue weighted by Crippen LogP contribution is 2.29. The number of rotatable bonds is 6. The van der Waals surface area contributed by atoms with E-state index in [1.54, 1.807) is 0 Å². The van der Waals surface area contributed by atoms with E-state index in [1.807, 2.05) is 0 Å². The van der Waals surface area contributed by atoms with E-state index in [4.69, 9.17) is 5.73 Å². The maximum absolute atomic E-state index is 5.66. The topological polar surface area (TPSA) is 29.3 Å². The Kier molecular flexibility index (Phi) is 5.33. The Hall–Kier alpha value is -1.64. The lowest BCUT2D eigenvalue weighted by Gasteiger charge is -2.30. The molecule has 0 aliphatic rings. The van der Waals surface area contributed by atoms with Gasteiger partial charge in [-0.15, -0.1) is 0 Å². The Morgan fingerprint density at radius 3 is 2.30 bits per heavy atom. The fourth-order valence-corrected chi connectivity index (χ4v) is 2.67. The highest BCUT2D eigenvalue weighted by atomic mass is 15.1. The number of hydrogen-bond donors (Lipinski definition) is 1. The summed E-state index contributed by atoms with van der Waals surface area (Å²) < 4.78 is 0. The first-order valence-electron chi connectivity index (χ1n) is 7.25. The Morgan fingerprint density at radius 2 is 1.65 bits per heavy atom. The van der Waals surface area contributed by atoms with Gasteiger partial charge in [0.25, 0.3) is 0 Å². The molecule has 0 heterocycles. The van der Waals surface area contributed by atoms with E-state index in [9.17, 15) is 0 Å². The van der Waals surface area contributed by atoms with Crippen molar-refractivity contribution in [1.82, 2.24) is 4.90 Å². The molecule has 0 amide bonds. The summed E-state index contributed by atoms with van der Waals surface area (Å²) in [5.41, 5.74) is 9.70. The fourth-order valence-electron chi connectivity index (χ4n) is 2.67. The summed E-state index contributed by atoms with van der Waals surface area (Å²) in [5.74, 6) is 0. The van der Waals surface area contributed by atoms with Gasteiger partial charge in [0.15, 0.2) is 0 Å². The van der Waals surface area contributed by atoms with Crippen molar-refractivity contribution in [2.45, 2.75) is 19.4 Å². The lowest BCUT2D eigenvalue weighted by molar-refractivity contribution is 0.276. The van der Waals surface area contributed by atoms with Crippen LogP contribution in [0.25, 0.3) is 0 Å². The molecule has 2 aromatic carbocycles. The molecule has 106 valence electrons. The molecule has 2 heteroatoms. The van der Waals surface area contributed by atoms with E-state index in [2.05, 4.69) is 73.5 Å². The third-order valence-electron chi connectivity index (χ3n) is 3.75. The Bertz CT molecular complexity index is 522. The van der Waals surface area contributed by atoms with Crippen molar-refractivity contribution in [1.29, 1.82) is 0 Å². The van der Waals surface area contributed by atoms with Crippen LogP contribution in [-0.4, -0.2) is 25.0 Å². The van der Waals surface area contributed by atoms with Crippen LogP contribution in [0.5, 0.6) is 0 Å². The second kappa shape index (κ2) is 7.22. The van der Waals surface area contributed by atoms with Crippen molar-refractivity contribution >= 4 is 0 Å². The normalized spacial score (nSPS) is 12.6. The van der Waals surface area contributed by atoms with E-state index in [1.165, 1.54) is 16.7 Å². The molecule has 0 aromatic heterocycles. The molecule has 2 nitrogen and oxygen atoms in total. The number of nitrogens with two attached hydrogens (primary N) is 1. The van der Waals surface area contributed by atoms with Gasteiger partial charge in [-0.05, 0) is 50.2 Å². The largest absolute Gasteiger partial charge is 0.330 e. The summed E-state index contributed by atoms with van der Waals surface area (Å²) >= 11 is 0. The third kappa shape index (κ3) is 3.47. The SMILES string of the molecule is Cc1ccccc1C(c1ccccc1)N(C)CCCN. The molecule has 2 aromatic rings. The van der Waals surface area contributed by atoms with Gasteiger partial charge in [-0.1, -0.05) is 54.6 Å². The number of benzene rings is 2. The maximum Gasteiger partial charge on any atom is 0.0601 e. The van der Waals surface area contributed by atoms with E-state index in [0.29, 0.717) is 6.04 Å². The van der Waals surface area contributed by atoms with Gasteiger partial charge in [0.2, 0.25) is 0 Å². The highest BCUT2D eigenvalue weighted by molar-refractivity contribution is 5.36. The summed E-state index contributed by atoms with van der Waals surface area (Å²) in [4.78, 5) is 2.39. The molecule has 20 heavy (non-hydrogen) atoms. The lowest BCUT2D eigenvalue weighted by Crippen LogP contribution is -2.28. The standard InChI is InChI=1S/C18H24N2/c1-15-9-6-7-12-17(15)18(20(2)14-8-13-19)16-10-4-3-5-11-16/h3-7,9-12,18H,8,13-14,19H2,1-2H3. The van der Waals surface area contributed by atoms with E-state index in [0.717, 1.165) is 19.5 Å². The quantitative estimate of drug-likeness (QED) is 0.870. The van der Waals surface area contributed by atoms with E-state index < -0.39 is 0 Å². The first kappa shape index (κ1) is 14.8. The summed E-state index contributed by atoms with van der Waals surface area (Å²) in [7, 11) is 2.18. The van der Waals surface area contributed by atoms with Gasteiger partial charge in [0.05, 0.1) is 6.04 Å². The first-order valence-corrected chi connectivity index (χ1v) is 7.25. The third-order valence-corrected chi connectivity index (χ3v) is 3.75. The van der Waals surface area contributed by atoms with Gasteiger partial charge >= 0.3 is 0 Å². The molecule has 0 aliphatic carbocycles. The Labute approximate surface area is 122 Å². The van der Waals surface area contributed by atoms with Crippen molar-refractivity contribution in [2.75, 3.05) is 20.1 Å². The van der Waals surface area contributed by atoms with Crippen LogP contribution in [0.3, 0.4) is 0 Å². The monoisotopic (exact) mass is 268 g/mol. The van der Waals surface area contributed by atoms with Crippen LogP contribution in [0.15, 0.2) is 54.6 Å². The van der Waals surface area contributed by atoms with E-state index >= 15 is 0 Å². The Balaban J connectivity index is 2.37. The van der Waals surface area contributed by atoms with Crippen LogP contribution >= 0.6 is 0 Å². The van der Waals surface area contributed by atoms with Crippen LogP contribution in [0.1, 0.15) is 29.2 Å². The van der Waals surface area contributed by atoms with Gasteiger partial charge in [0, 0.05) is 0 Å². The molecular weight excluding hydrogens is 244 g/mol. The maximum atomic E-state index is 5.66. The van der Waals surface area contributed by atoms with Crippen molar-refractivity contribution in [2.24, 2.45) is 5.73 Å². The van der Waals surface area contributed by atoms with Gasteiger partial charge in [-0.2, -0.15) is 0 Å². The fraction of sp³-hybridized carbons (Fsp3) is 0.333. The van der Waals surface area contributed by atoms with Crippen LogP contribution in [-0.2, 0) is 0 Å². The van der Waals surface area contributed by atoms with Gasteiger partial charge in [0.1, 0.15) is 0 Å². The Morgan fingerprint density at radius 1 is 1.00 bits per heavy atom. The summed E-state index contributed by atoms with van der Waals surface area (Å²) in [5, 5.41) is 0. The van der Waals surface area contributed by atoms with Crippen LogP contribution < -0.4 is 5.73 Å². The van der Waals surface area contributed by atoms with Crippen LogP contribution in [0.2, 0.25) is 0 Å². The zero-order valence-electron chi connectivity index (χ0n) is 12.4. The minimum Gasteiger partial charge on any atom is -0.330 e. The summed E-state index contributed by atoms with van der Waals surface area (Å²) in [6.07, 6.45) is 1.02. The molecule has 1 atom stereocenters. The minimum absolute atomic E-state index is 0.295. The number of hydrogen-bond acceptors (Lipinski definition) is 2. The molecule has 0 saturated heterocycles. The smallest absolute Gasteiger partial charge is 0.0601 e. The average Bonchev–Trinajstić information content (AvgIpc) is 2.48. The first-order chi connectivity index (χ1) is 9.74. The minimum atomic E-state index is 0.295. The second-order valence-electron chi connectivity index (χ2n) is 5.29. The van der Waals surface area contributed by atoms with Crippen LogP contribution in [0, 0.1) is 6.92 Å². The molecule has 0 bridgehead atoms. The van der Waals surface area contributed by atoms with Gasteiger partial charge in [-0.3, -0.25) is 4.90 Å².